The third kappa shape index (κ3) is 3.18. The highest BCUT2D eigenvalue weighted by Gasteiger charge is 2.21. The monoisotopic (exact) mass is 280 g/mol. The molecule has 1 aromatic carbocycles. The Bertz CT molecular complexity index is 443. The maximum Gasteiger partial charge on any atom is 0.248 e. The number of halogens is 1. The summed E-state index contributed by atoms with van der Waals surface area (Å²) in [6, 6.07) is 4.86. The van der Waals surface area contributed by atoms with E-state index in [2.05, 4.69) is 39.9 Å². The molecule has 0 aromatic heterocycles. The Morgan fingerprint density at radius 1 is 1.16 bits per heavy atom. The number of hydrogen-bond acceptors (Lipinski definition) is 3. The first kappa shape index (κ1) is 14.5. The van der Waals surface area contributed by atoms with Crippen molar-refractivity contribution >= 4 is 24.5 Å². The minimum absolute atomic E-state index is 0.290. The van der Waals surface area contributed by atoms with Crippen LogP contribution in [0.25, 0.3) is 0 Å². The average Bonchev–Trinajstić information content (AvgIpc) is 2.80. The van der Waals surface area contributed by atoms with E-state index in [1.165, 1.54) is 0 Å². The molecule has 0 fully saturated rings. The molecule has 0 bridgehead atoms. The highest BCUT2D eigenvalue weighted by molar-refractivity contribution is 6.52. The average molecular weight is 281 g/mol. The smallest absolute Gasteiger partial charge is 0.248 e. The van der Waals surface area contributed by atoms with E-state index in [4.69, 9.17) is 21.1 Å². The van der Waals surface area contributed by atoms with E-state index in [0.29, 0.717) is 24.8 Å². The number of alkyl halides is 1. The summed E-state index contributed by atoms with van der Waals surface area (Å²) in [5.41, 5.74) is 2.17. The van der Waals surface area contributed by atoms with Gasteiger partial charge in [-0.3, -0.25) is 0 Å². The van der Waals surface area contributed by atoms with Crippen molar-refractivity contribution in [2.45, 2.75) is 45.7 Å². The Morgan fingerprint density at radius 2 is 1.74 bits per heavy atom. The second-order valence-electron chi connectivity index (χ2n) is 5.30. The van der Waals surface area contributed by atoms with Gasteiger partial charge in [0.15, 0.2) is 11.5 Å². The van der Waals surface area contributed by atoms with Crippen molar-refractivity contribution in [1.29, 1.82) is 0 Å². The van der Waals surface area contributed by atoms with Gasteiger partial charge < -0.3 is 14.3 Å². The van der Waals surface area contributed by atoms with Crippen molar-refractivity contribution in [3.63, 3.8) is 0 Å². The van der Waals surface area contributed by atoms with Gasteiger partial charge in [-0.25, -0.2) is 0 Å². The third-order valence-corrected chi connectivity index (χ3v) is 3.55. The van der Waals surface area contributed by atoms with Crippen molar-refractivity contribution in [2.75, 3.05) is 6.79 Å². The molecule has 1 aliphatic heterocycles. The zero-order chi connectivity index (χ0) is 14.0. The molecule has 0 amide bonds. The standard InChI is InChI=1S/C14H20BClNO2/c1-9(2)17(10(3)4)15-12-6-14-13(18-8-19-14)5-11(12)7-16/h5-6,9-10H,7-8H2,1-4H3. The van der Waals surface area contributed by atoms with Gasteiger partial charge >= 0.3 is 0 Å². The van der Waals surface area contributed by atoms with Crippen LogP contribution in [-0.4, -0.2) is 31.1 Å². The molecular weight excluding hydrogens is 260 g/mol. The van der Waals surface area contributed by atoms with Crippen molar-refractivity contribution in [3.05, 3.63) is 17.7 Å². The molecule has 0 saturated carbocycles. The molecule has 1 aliphatic rings. The molecule has 0 unspecified atom stereocenters. The first-order valence-electron chi connectivity index (χ1n) is 6.63. The van der Waals surface area contributed by atoms with E-state index in [9.17, 15) is 0 Å². The third-order valence-electron chi connectivity index (χ3n) is 3.26. The lowest BCUT2D eigenvalue weighted by Gasteiger charge is -2.30. The van der Waals surface area contributed by atoms with Gasteiger partial charge in [-0.1, -0.05) is 33.2 Å². The normalized spacial score (nSPS) is 13.7. The van der Waals surface area contributed by atoms with E-state index in [-0.39, 0.29) is 0 Å². The maximum absolute atomic E-state index is 6.04. The number of nitrogens with zero attached hydrogens (tertiary/aromatic N) is 1. The number of hydrogen-bond donors (Lipinski definition) is 0. The van der Waals surface area contributed by atoms with Crippen molar-refractivity contribution in [2.24, 2.45) is 0 Å². The van der Waals surface area contributed by atoms with E-state index >= 15 is 0 Å². The molecule has 0 N–H and O–H groups in total. The van der Waals surface area contributed by atoms with Gasteiger partial charge in [-0.2, -0.15) is 0 Å². The largest absolute Gasteiger partial charge is 0.454 e. The SMILES string of the molecule is CC(C)N([B]c1cc2c(cc1CCl)OCO2)C(C)C. The molecule has 1 radical (unpaired) electrons. The maximum atomic E-state index is 6.04. The molecule has 19 heavy (non-hydrogen) atoms. The highest BCUT2D eigenvalue weighted by atomic mass is 35.5. The quantitative estimate of drug-likeness (QED) is 0.611. The van der Waals surface area contributed by atoms with E-state index in [1.54, 1.807) is 0 Å². The minimum Gasteiger partial charge on any atom is -0.454 e. The molecule has 0 saturated heterocycles. The van der Waals surface area contributed by atoms with E-state index < -0.39 is 0 Å². The number of rotatable bonds is 5. The summed E-state index contributed by atoms with van der Waals surface area (Å²) < 4.78 is 10.8. The van der Waals surface area contributed by atoms with Gasteiger partial charge in [0.25, 0.3) is 0 Å². The van der Waals surface area contributed by atoms with Crippen LogP contribution < -0.4 is 14.9 Å². The van der Waals surface area contributed by atoms with Crippen LogP contribution in [0.5, 0.6) is 11.5 Å². The predicted molar refractivity (Wildman–Crippen MR) is 79.6 cm³/mol. The van der Waals surface area contributed by atoms with Crippen LogP contribution >= 0.6 is 11.6 Å². The molecule has 1 aromatic rings. The van der Waals surface area contributed by atoms with Crippen LogP contribution in [0.3, 0.4) is 0 Å². The summed E-state index contributed by atoms with van der Waals surface area (Å²) in [5, 5.41) is 0. The topological polar surface area (TPSA) is 21.7 Å². The molecule has 1 heterocycles. The molecule has 3 nitrogen and oxygen atoms in total. The summed E-state index contributed by atoms with van der Waals surface area (Å²) in [4.78, 5) is 2.31. The van der Waals surface area contributed by atoms with Gasteiger partial charge in [-0.05, 0) is 29.8 Å². The van der Waals surface area contributed by atoms with Crippen LogP contribution in [0.15, 0.2) is 12.1 Å². The second-order valence-corrected chi connectivity index (χ2v) is 5.57. The van der Waals surface area contributed by atoms with Crippen molar-refractivity contribution in [1.82, 2.24) is 4.81 Å². The predicted octanol–water partition coefficient (Wildman–Crippen LogP) is 2.52. The lowest BCUT2D eigenvalue weighted by Crippen LogP contribution is -2.45. The van der Waals surface area contributed by atoms with Crippen LogP contribution in [0, 0.1) is 0 Å². The Morgan fingerprint density at radius 3 is 2.26 bits per heavy atom. The Balaban J connectivity index is 2.28. The summed E-state index contributed by atoms with van der Waals surface area (Å²) in [7, 11) is 2.16. The first-order valence-corrected chi connectivity index (χ1v) is 7.17. The van der Waals surface area contributed by atoms with Gasteiger partial charge in [0.2, 0.25) is 14.2 Å². The highest BCUT2D eigenvalue weighted by Crippen LogP contribution is 2.32. The molecular formula is C14H20BClNO2. The number of ether oxygens (including phenoxy) is 2. The van der Waals surface area contributed by atoms with E-state index in [0.717, 1.165) is 22.5 Å². The van der Waals surface area contributed by atoms with Gasteiger partial charge in [0.1, 0.15) is 0 Å². The lowest BCUT2D eigenvalue weighted by molar-refractivity contribution is 0.174. The van der Waals surface area contributed by atoms with Crippen LogP contribution in [0.2, 0.25) is 0 Å². The molecule has 0 atom stereocenters. The Labute approximate surface area is 121 Å². The summed E-state index contributed by atoms with van der Waals surface area (Å²) in [6.07, 6.45) is 0. The number of fused-ring (bicyclic) bond motifs is 1. The fraction of sp³-hybridized carbons (Fsp3) is 0.571. The summed E-state index contributed by atoms with van der Waals surface area (Å²) in [5.74, 6) is 2.05. The number of benzene rings is 1. The minimum atomic E-state index is 0.290. The van der Waals surface area contributed by atoms with Gasteiger partial charge in [0.05, 0.1) is 0 Å². The molecule has 2 rings (SSSR count). The molecule has 5 heteroatoms. The van der Waals surface area contributed by atoms with Crippen LogP contribution in [0.4, 0.5) is 0 Å². The van der Waals surface area contributed by atoms with Crippen LogP contribution in [0.1, 0.15) is 33.3 Å². The lowest BCUT2D eigenvalue weighted by atomic mass is 9.75. The second kappa shape index (κ2) is 6.06. The van der Waals surface area contributed by atoms with Crippen LogP contribution in [-0.2, 0) is 5.88 Å². The summed E-state index contributed by atoms with van der Waals surface area (Å²) >= 11 is 6.04. The molecule has 103 valence electrons. The van der Waals surface area contributed by atoms with Crippen molar-refractivity contribution in [3.8, 4) is 11.5 Å². The van der Waals surface area contributed by atoms with Crippen molar-refractivity contribution < 1.29 is 9.47 Å². The Hall–Kier alpha value is -0.865. The molecule has 0 aliphatic carbocycles. The fourth-order valence-corrected chi connectivity index (χ4v) is 2.52. The van der Waals surface area contributed by atoms with Gasteiger partial charge in [0, 0.05) is 5.88 Å². The van der Waals surface area contributed by atoms with Gasteiger partial charge in [-0.15, -0.1) is 11.6 Å². The zero-order valence-electron chi connectivity index (χ0n) is 11.9. The first-order chi connectivity index (χ1) is 9.02. The Kier molecular flexibility index (Phi) is 4.64. The van der Waals surface area contributed by atoms with E-state index in [1.807, 2.05) is 12.1 Å². The zero-order valence-corrected chi connectivity index (χ0v) is 12.7. The summed E-state index contributed by atoms with van der Waals surface area (Å²) in [6.45, 7) is 9.03. The fourth-order valence-electron chi connectivity index (χ4n) is 2.29. The molecule has 0 spiro atoms.